The first-order valence-electron chi connectivity index (χ1n) is 6.34. The van der Waals surface area contributed by atoms with Crippen molar-refractivity contribution >= 4 is 5.91 Å². The molecule has 1 rings (SSSR count). The van der Waals surface area contributed by atoms with Crippen LogP contribution in [-0.4, -0.2) is 32.7 Å². The fourth-order valence-electron chi connectivity index (χ4n) is 1.63. The first kappa shape index (κ1) is 15.8. The van der Waals surface area contributed by atoms with Crippen molar-refractivity contribution in [2.45, 2.75) is 12.8 Å². The minimum atomic E-state index is -0.255. The fraction of sp³-hybridized carbons (Fsp3) is 0.429. The summed E-state index contributed by atoms with van der Waals surface area (Å²) in [5, 5.41) is 11.0. The van der Waals surface area contributed by atoms with Crippen LogP contribution in [0.25, 0.3) is 0 Å². The van der Waals surface area contributed by atoms with E-state index in [2.05, 4.69) is 5.32 Å². The van der Waals surface area contributed by atoms with E-state index >= 15 is 0 Å². The van der Waals surface area contributed by atoms with E-state index < -0.39 is 0 Å². The molecule has 1 aromatic rings. The third kappa shape index (κ3) is 5.16. The van der Waals surface area contributed by atoms with E-state index in [9.17, 15) is 4.79 Å². The van der Waals surface area contributed by atoms with Crippen molar-refractivity contribution in [2.24, 2.45) is 5.73 Å². The van der Waals surface area contributed by atoms with E-state index in [1.807, 2.05) is 12.1 Å². The molecule has 0 unspecified atom stereocenters. The molecule has 6 heteroatoms. The van der Waals surface area contributed by atoms with Crippen LogP contribution in [0.4, 0.5) is 0 Å². The van der Waals surface area contributed by atoms with Gasteiger partial charge in [-0.15, -0.1) is 0 Å². The number of carbonyl (C=O) groups is 1. The van der Waals surface area contributed by atoms with Crippen molar-refractivity contribution in [3.05, 3.63) is 23.8 Å². The molecule has 1 aromatic carbocycles. The maximum absolute atomic E-state index is 11.5. The standard InChI is InChI=1S/C14H19N3O3/c1-19-12-3-4-13(11(9-12)5-7-16)20-10-14(18)17-8-2-6-15/h3-4,9H,2,5,7-8,10,16H2,1H3,(H,17,18). The molecule has 0 aromatic heterocycles. The Bertz CT molecular complexity index is 483. The molecule has 20 heavy (non-hydrogen) atoms. The van der Waals surface area contributed by atoms with Gasteiger partial charge in [0.05, 0.1) is 19.6 Å². The molecule has 0 aliphatic carbocycles. The highest BCUT2D eigenvalue weighted by Crippen LogP contribution is 2.24. The Hall–Kier alpha value is -2.26. The number of benzene rings is 1. The number of nitriles is 1. The third-order valence-electron chi connectivity index (χ3n) is 2.60. The number of nitrogens with two attached hydrogens (primary N) is 1. The average molecular weight is 277 g/mol. The molecule has 0 fully saturated rings. The van der Waals surface area contributed by atoms with Crippen LogP contribution in [0.5, 0.6) is 11.5 Å². The first-order valence-corrected chi connectivity index (χ1v) is 6.34. The van der Waals surface area contributed by atoms with Crippen LogP contribution >= 0.6 is 0 Å². The molecule has 0 atom stereocenters. The van der Waals surface area contributed by atoms with Gasteiger partial charge in [0, 0.05) is 6.54 Å². The third-order valence-corrected chi connectivity index (χ3v) is 2.60. The van der Waals surface area contributed by atoms with Gasteiger partial charge < -0.3 is 20.5 Å². The summed E-state index contributed by atoms with van der Waals surface area (Å²) in [6.07, 6.45) is 0.926. The summed E-state index contributed by atoms with van der Waals surface area (Å²) in [5.41, 5.74) is 6.45. The molecule has 3 N–H and O–H groups in total. The van der Waals surface area contributed by atoms with Gasteiger partial charge in [-0.1, -0.05) is 0 Å². The van der Waals surface area contributed by atoms with Crippen molar-refractivity contribution in [1.29, 1.82) is 5.26 Å². The van der Waals surface area contributed by atoms with E-state index in [0.717, 1.165) is 11.3 Å². The van der Waals surface area contributed by atoms with Gasteiger partial charge in [-0.3, -0.25) is 4.79 Å². The van der Waals surface area contributed by atoms with Crippen LogP contribution in [0.2, 0.25) is 0 Å². The van der Waals surface area contributed by atoms with E-state index in [1.54, 1.807) is 19.2 Å². The molecule has 108 valence electrons. The Morgan fingerprint density at radius 1 is 1.50 bits per heavy atom. The number of ether oxygens (including phenoxy) is 2. The van der Waals surface area contributed by atoms with E-state index in [4.69, 9.17) is 20.5 Å². The second kappa shape index (κ2) is 8.77. The molecule has 0 saturated heterocycles. The monoisotopic (exact) mass is 277 g/mol. The topological polar surface area (TPSA) is 97.4 Å². The second-order valence-electron chi connectivity index (χ2n) is 4.06. The Labute approximate surface area is 118 Å². The second-order valence-corrected chi connectivity index (χ2v) is 4.06. The van der Waals surface area contributed by atoms with Gasteiger partial charge in [0.1, 0.15) is 11.5 Å². The summed E-state index contributed by atoms with van der Waals surface area (Å²) in [4.78, 5) is 11.5. The Kier molecular flexibility index (Phi) is 6.93. The normalized spacial score (nSPS) is 9.65. The highest BCUT2D eigenvalue weighted by atomic mass is 16.5. The first-order chi connectivity index (χ1) is 9.71. The van der Waals surface area contributed by atoms with Gasteiger partial charge in [-0.05, 0) is 36.7 Å². The molecule has 0 aliphatic heterocycles. The number of carbonyl (C=O) groups excluding carboxylic acids is 1. The van der Waals surface area contributed by atoms with Crippen molar-refractivity contribution in [3.8, 4) is 17.6 Å². The number of hydrogen-bond donors (Lipinski definition) is 2. The van der Waals surface area contributed by atoms with Gasteiger partial charge in [0.25, 0.3) is 5.91 Å². The van der Waals surface area contributed by atoms with Crippen molar-refractivity contribution in [2.75, 3.05) is 26.8 Å². The van der Waals surface area contributed by atoms with Crippen LogP contribution in [0.1, 0.15) is 12.0 Å². The summed E-state index contributed by atoms with van der Waals surface area (Å²) in [6, 6.07) is 7.32. The number of methoxy groups -OCH3 is 1. The number of rotatable bonds is 8. The Morgan fingerprint density at radius 2 is 2.30 bits per heavy atom. The predicted molar refractivity (Wildman–Crippen MR) is 74.5 cm³/mol. The molecule has 0 heterocycles. The zero-order chi connectivity index (χ0) is 14.8. The van der Waals surface area contributed by atoms with Crippen LogP contribution in [0.15, 0.2) is 18.2 Å². The summed E-state index contributed by atoms with van der Waals surface area (Å²) < 4.78 is 10.6. The Morgan fingerprint density at radius 3 is 2.95 bits per heavy atom. The molecule has 0 spiro atoms. The van der Waals surface area contributed by atoms with E-state index in [1.165, 1.54) is 0 Å². The highest BCUT2D eigenvalue weighted by molar-refractivity contribution is 5.77. The number of hydrogen-bond acceptors (Lipinski definition) is 5. The average Bonchev–Trinajstić information content (AvgIpc) is 2.46. The largest absolute Gasteiger partial charge is 0.497 e. The lowest BCUT2D eigenvalue weighted by molar-refractivity contribution is -0.123. The van der Waals surface area contributed by atoms with Crippen molar-refractivity contribution in [1.82, 2.24) is 5.32 Å². The Balaban J connectivity index is 2.58. The number of nitrogens with one attached hydrogen (secondary N) is 1. The molecule has 6 nitrogen and oxygen atoms in total. The molecular weight excluding hydrogens is 258 g/mol. The molecule has 0 radical (unpaired) electrons. The molecule has 0 saturated carbocycles. The van der Waals surface area contributed by atoms with Gasteiger partial charge in [0.15, 0.2) is 6.61 Å². The fourth-order valence-corrected chi connectivity index (χ4v) is 1.63. The number of nitrogens with zero attached hydrogens (tertiary/aromatic N) is 1. The molecule has 0 aliphatic rings. The lowest BCUT2D eigenvalue weighted by Crippen LogP contribution is -2.29. The lowest BCUT2D eigenvalue weighted by atomic mass is 10.1. The summed E-state index contributed by atoms with van der Waals surface area (Å²) >= 11 is 0. The van der Waals surface area contributed by atoms with Crippen molar-refractivity contribution < 1.29 is 14.3 Å². The van der Waals surface area contributed by atoms with Gasteiger partial charge in [-0.2, -0.15) is 5.26 Å². The van der Waals surface area contributed by atoms with Crippen LogP contribution in [0.3, 0.4) is 0 Å². The van der Waals surface area contributed by atoms with Crippen LogP contribution < -0.4 is 20.5 Å². The zero-order valence-corrected chi connectivity index (χ0v) is 11.5. The smallest absolute Gasteiger partial charge is 0.257 e. The van der Waals surface area contributed by atoms with Gasteiger partial charge in [-0.25, -0.2) is 0 Å². The van der Waals surface area contributed by atoms with E-state index in [0.29, 0.717) is 25.3 Å². The summed E-state index contributed by atoms with van der Waals surface area (Å²) in [6.45, 7) is 0.726. The molecule has 1 amide bonds. The van der Waals surface area contributed by atoms with Crippen LogP contribution in [0, 0.1) is 11.3 Å². The maximum Gasteiger partial charge on any atom is 0.257 e. The summed E-state index contributed by atoms with van der Waals surface area (Å²) in [5.74, 6) is 1.08. The maximum atomic E-state index is 11.5. The van der Waals surface area contributed by atoms with Crippen molar-refractivity contribution in [3.63, 3.8) is 0 Å². The lowest BCUT2D eigenvalue weighted by Gasteiger charge is -2.12. The summed E-state index contributed by atoms with van der Waals surface area (Å²) in [7, 11) is 1.59. The quantitative estimate of drug-likeness (QED) is 0.678. The number of amides is 1. The van der Waals surface area contributed by atoms with Crippen LogP contribution in [-0.2, 0) is 11.2 Å². The van der Waals surface area contributed by atoms with E-state index in [-0.39, 0.29) is 18.9 Å². The van der Waals surface area contributed by atoms with Gasteiger partial charge in [0.2, 0.25) is 0 Å². The predicted octanol–water partition coefficient (Wildman–Crippen LogP) is 0.605. The highest BCUT2D eigenvalue weighted by Gasteiger charge is 2.08. The molecule has 0 bridgehead atoms. The minimum Gasteiger partial charge on any atom is -0.497 e. The minimum absolute atomic E-state index is 0.0880. The van der Waals surface area contributed by atoms with Gasteiger partial charge >= 0.3 is 0 Å². The SMILES string of the molecule is COc1ccc(OCC(=O)NCCC#N)c(CCN)c1. The zero-order valence-electron chi connectivity index (χ0n) is 11.5. The molecular formula is C14H19N3O3.